The maximum atomic E-state index is 13.4. The molecule has 0 bridgehead atoms. The zero-order valence-corrected chi connectivity index (χ0v) is 17.3. The van der Waals surface area contributed by atoms with Gasteiger partial charge < -0.3 is 10.2 Å². The summed E-state index contributed by atoms with van der Waals surface area (Å²) in [5.41, 5.74) is 0.00138. The van der Waals surface area contributed by atoms with Crippen LogP contribution >= 0.6 is 15.9 Å². The van der Waals surface area contributed by atoms with Gasteiger partial charge in [0.1, 0.15) is 11.3 Å². The first kappa shape index (κ1) is 19.6. The lowest BCUT2D eigenvalue weighted by atomic mass is 9.80. The Morgan fingerprint density at radius 1 is 1.17 bits per heavy atom. The molecule has 2 amide bonds. The largest absolute Gasteiger partial charge is 0.508 e. The van der Waals surface area contributed by atoms with Gasteiger partial charge in [0.15, 0.2) is 0 Å². The number of carboxylic acids is 1. The number of hydrogen-bond acceptors (Lipinski definition) is 5. The Hall–Kier alpha value is -2.71. The summed E-state index contributed by atoms with van der Waals surface area (Å²) in [7, 11) is 0. The molecule has 2 aromatic rings. The predicted molar refractivity (Wildman–Crippen MR) is 108 cm³/mol. The number of nitrogens with zero attached hydrogens (tertiary/aromatic N) is 1. The highest BCUT2D eigenvalue weighted by atomic mass is 79.9. The van der Waals surface area contributed by atoms with E-state index in [0.717, 1.165) is 10.5 Å². The number of carbonyl (C=O) groups is 3. The first-order valence-corrected chi connectivity index (χ1v) is 9.88. The van der Waals surface area contributed by atoms with Crippen LogP contribution in [0, 0.1) is 18.8 Å². The van der Waals surface area contributed by atoms with Crippen molar-refractivity contribution in [2.45, 2.75) is 25.4 Å². The minimum Gasteiger partial charge on any atom is -0.508 e. The van der Waals surface area contributed by atoms with Gasteiger partial charge in [0, 0.05) is 16.1 Å². The highest BCUT2D eigenvalue weighted by molar-refractivity contribution is 9.10. The number of anilines is 1. The highest BCUT2D eigenvalue weighted by Crippen LogP contribution is 2.51. The van der Waals surface area contributed by atoms with E-state index in [1.54, 1.807) is 30.3 Å². The number of aliphatic carboxylic acids is 1. The fourth-order valence-corrected chi connectivity index (χ4v) is 4.78. The molecule has 2 heterocycles. The molecule has 2 aliphatic heterocycles. The van der Waals surface area contributed by atoms with Crippen LogP contribution in [0.4, 0.5) is 5.69 Å². The van der Waals surface area contributed by atoms with E-state index in [0.29, 0.717) is 15.7 Å². The summed E-state index contributed by atoms with van der Waals surface area (Å²) in [5, 5.41) is 23.2. The van der Waals surface area contributed by atoms with Crippen molar-refractivity contribution >= 4 is 39.4 Å². The van der Waals surface area contributed by atoms with E-state index in [2.05, 4.69) is 21.2 Å². The highest BCUT2D eigenvalue weighted by Gasteiger charge is 2.67. The first-order valence-electron chi connectivity index (χ1n) is 9.09. The van der Waals surface area contributed by atoms with E-state index in [9.17, 15) is 24.6 Å². The fraction of sp³-hybridized carbons (Fsp3) is 0.286. The molecule has 4 atom stereocenters. The lowest BCUT2D eigenvalue weighted by molar-refractivity contribution is -0.147. The van der Waals surface area contributed by atoms with E-state index in [1.807, 2.05) is 13.0 Å². The average Bonchev–Trinajstić information content (AvgIpc) is 3.11. The van der Waals surface area contributed by atoms with Crippen molar-refractivity contribution in [3.63, 3.8) is 0 Å². The number of halogens is 1. The molecule has 0 saturated carbocycles. The van der Waals surface area contributed by atoms with E-state index in [1.165, 1.54) is 13.0 Å². The molecule has 29 heavy (non-hydrogen) atoms. The minimum absolute atomic E-state index is 0.0756. The van der Waals surface area contributed by atoms with Crippen LogP contribution in [-0.4, -0.2) is 33.5 Å². The van der Waals surface area contributed by atoms with Crippen LogP contribution in [0.3, 0.4) is 0 Å². The number of fused-ring (bicyclic) bond motifs is 1. The van der Waals surface area contributed by atoms with Gasteiger partial charge in [-0.1, -0.05) is 28.1 Å². The van der Waals surface area contributed by atoms with Crippen molar-refractivity contribution in [3.05, 3.63) is 58.1 Å². The number of phenolic OH excluding ortho intramolecular Hbond substituents is 1. The molecule has 7 nitrogen and oxygen atoms in total. The SMILES string of the molecule is Cc1cccc(N2C(=O)[C@H]3[C@@H](C2=O)[C@@](C)(C(=O)O)N[C@H]3c2cc(Br)ccc2O)c1. The number of benzene rings is 2. The molecule has 0 unspecified atom stereocenters. The van der Waals surface area contributed by atoms with Crippen molar-refractivity contribution in [1.29, 1.82) is 0 Å². The molecule has 8 heteroatoms. The molecule has 2 aromatic carbocycles. The van der Waals surface area contributed by atoms with Gasteiger partial charge in [0.05, 0.1) is 17.5 Å². The van der Waals surface area contributed by atoms with E-state index in [4.69, 9.17) is 0 Å². The maximum absolute atomic E-state index is 13.4. The molecule has 4 rings (SSSR count). The topological polar surface area (TPSA) is 107 Å². The van der Waals surface area contributed by atoms with Crippen molar-refractivity contribution in [2.24, 2.45) is 11.8 Å². The zero-order chi connectivity index (χ0) is 21.1. The van der Waals surface area contributed by atoms with E-state index in [-0.39, 0.29) is 5.75 Å². The van der Waals surface area contributed by atoms with Crippen molar-refractivity contribution < 1.29 is 24.6 Å². The Morgan fingerprint density at radius 3 is 2.55 bits per heavy atom. The molecular formula is C21H19BrN2O5. The summed E-state index contributed by atoms with van der Waals surface area (Å²) in [4.78, 5) is 39.9. The number of nitrogens with one attached hydrogen (secondary N) is 1. The number of hydrogen-bond donors (Lipinski definition) is 3. The van der Waals surface area contributed by atoms with Gasteiger partial charge in [-0.15, -0.1) is 0 Å². The van der Waals surface area contributed by atoms with Gasteiger partial charge in [-0.2, -0.15) is 0 Å². The quantitative estimate of drug-likeness (QED) is 0.610. The van der Waals surface area contributed by atoms with E-state index < -0.39 is 41.2 Å². The number of carboxylic acid groups (broad SMARTS) is 1. The van der Waals surface area contributed by atoms with Crippen LogP contribution in [0.5, 0.6) is 5.75 Å². The van der Waals surface area contributed by atoms with Gasteiger partial charge in [-0.3, -0.25) is 19.7 Å². The third kappa shape index (κ3) is 2.86. The standard InChI is InChI=1S/C21H19BrN2O5/c1-10-4-3-5-12(8-10)24-18(26)15-16(19(24)27)21(2,20(28)29)23-17(15)13-9-11(22)6-7-14(13)25/h3-9,15-17,23,25H,1-2H3,(H,28,29)/t15-,16-,17-,21-/m0/s1. The molecule has 2 fully saturated rings. The summed E-state index contributed by atoms with van der Waals surface area (Å²) in [6, 6.07) is 10.9. The van der Waals surface area contributed by atoms with E-state index >= 15 is 0 Å². The second kappa shape index (κ2) is 6.67. The zero-order valence-electron chi connectivity index (χ0n) is 15.7. The molecule has 0 radical (unpaired) electrons. The van der Waals surface area contributed by atoms with Crippen LogP contribution in [0.25, 0.3) is 0 Å². The fourth-order valence-electron chi connectivity index (χ4n) is 4.40. The molecule has 150 valence electrons. The number of phenols is 1. The molecule has 3 N–H and O–H groups in total. The average molecular weight is 459 g/mol. The second-order valence-electron chi connectivity index (χ2n) is 7.69. The summed E-state index contributed by atoms with van der Waals surface area (Å²) in [6.07, 6.45) is 0. The molecule has 2 aliphatic rings. The summed E-state index contributed by atoms with van der Waals surface area (Å²) in [6.45, 7) is 3.26. The smallest absolute Gasteiger partial charge is 0.324 e. The Bertz CT molecular complexity index is 1060. The number of imide groups is 1. The van der Waals surface area contributed by atoms with Crippen LogP contribution < -0.4 is 10.2 Å². The number of amides is 2. The Kier molecular flexibility index (Phi) is 4.51. The third-order valence-electron chi connectivity index (χ3n) is 5.82. The Morgan fingerprint density at radius 2 is 1.90 bits per heavy atom. The third-order valence-corrected chi connectivity index (χ3v) is 6.31. The summed E-state index contributed by atoms with van der Waals surface area (Å²) < 4.78 is 0.667. The molecule has 0 spiro atoms. The monoisotopic (exact) mass is 458 g/mol. The normalized spacial score (nSPS) is 28.7. The van der Waals surface area contributed by atoms with Gasteiger partial charge in [-0.05, 0) is 49.7 Å². The Balaban J connectivity index is 1.86. The van der Waals surface area contributed by atoms with Gasteiger partial charge in [0.25, 0.3) is 0 Å². The predicted octanol–water partition coefficient (Wildman–Crippen LogP) is 2.76. The molecule has 0 aliphatic carbocycles. The Labute approximate surface area is 175 Å². The summed E-state index contributed by atoms with van der Waals surface area (Å²) in [5.74, 6) is -4.39. The summed E-state index contributed by atoms with van der Waals surface area (Å²) >= 11 is 3.34. The van der Waals surface area contributed by atoms with Gasteiger partial charge in [-0.25, -0.2) is 4.90 Å². The molecule has 2 saturated heterocycles. The van der Waals surface area contributed by atoms with Crippen LogP contribution in [0.1, 0.15) is 24.1 Å². The number of aromatic hydroxyl groups is 1. The number of aryl methyl sites for hydroxylation is 1. The lowest BCUT2D eigenvalue weighted by Gasteiger charge is -2.27. The lowest BCUT2D eigenvalue weighted by Crippen LogP contribution is -2.53. The molecule has 0 aromatic heterocycles. The number of carbonyl (C=O) groups excluding carboxylic acids is 2. The number of rotatable bonds is 3. The molecular weight excluding hydrogens is 440 g/mol. The van der Waals surface area contributed by atoms with Crippen LogP contribution in [0.2, 0.25) is 0 Å². The van der Waals surface area contributed by atoms with Crippen LogP contribution in [-0.2, 0) is 14.4 Å². The van der Waals surface area contributed by atoms with Crippen molar-refractivity contribution in [1.82, 2.24) is 5.32 Å². The second-order valence-corrected chi connectivity index (χ2v) is 8.60. The van der Waals surface area contributed by atoms with Crippen molar-refractivity contribution in [2.75, 3.05) is 4.90 Å². The van der Waals surface area contributed by atoms with Gasteiger partial charge >= 0.3 is 5.97 Å². The minimum atomic E-state index is -1.66. The maximum Gasteiger partial charge on any atom is 0.324 e. The van der Waals surface area contributed by atoms with Crippen molar-refractivity contribution in [3.8, 4) is 5.75 Å². The van der Waals surface area contributed by atoms with Crippen LogP contribution in [0.15, 0.2) is 46.9 Å². The first-order chi connectivity index (χ1) is 13.6. The van der Waals surface area contributed by atoms with Gasteiger partial charge in [0.2, 0.25) is 11.8 Å².